The molecule has 1 aliphatic rings. The Hall–Kier alpha value is -4.20. The number of amides is 1. The average molecular weight is 398 g/mol. The summed E-state index contributed by atoms with van der Waals surface area (Å²) in [7, 11) is 0. The Labute approximate surface area is 172 Å². The summed E-state index contributed by atoms with van der Waals surface area (Å²) in [4.78, 5) is 12.7. The van der Waals surface area contributed by atoms with E-state index in [4.69, 9.17) is 0 Å². The Morgan fingerprint density at radius 3 is 2.13 bits per heavy atom. The zero-order valence-electron chi connectivity index (χ0n) is 16.1. The summed E-state index contributed by atoms with van der Waals surface area (Å²) >= 11 is 0. The second-order valence-corrected chi connectivity index (χ2v) is 6.58. The molecule has 3 aromatic rings. The lowest BCUT2D eigenvalue weighted by Crippen LogP contribution is -2.29. The van der Waals surface area contributed by atoms with E-state index >= 15 is 0 Å². The van der Waals surface area contributed by atoms with Crippen LogP contribution in [0, 0.1) is 0 Å². The third-order valence-electron chi connectivity index (χ3n) is 4.35. The quantitative estimate of drug-likeness (QED) is 0.559. The van der Waals surface area contributed by atoms with E-state index in [0.29, 0.717) is 22.8 Å². The van der Waals surface area contributed by atoms with Crippen molar-refractivity contribution in [1.82, 2.24) is 0 Å². The van der Waals surface area contributed by atoms with Gasteiger partial charge in [0.2, 0.25) is 0 Å². The number of hydrogen-bond donors (Lipinski definition) is 1. The van der Waals surface area contributed by atoms with E-state index in [1.54, 1.807) is 43.3 Å². The third-order valence-corrected chi connectivity index (χ3v) is 4.35. The first-order valence-electron chi connectivity index (χ1n) is 9.26. The molecular weight excluding hydrogens is 380 g/mol. The van der Waals surface area contributed by atoms with Crippen LogP contribution in [0.25, 0.3) is 0 Å². The maximum atomic E-state index is 12.7. The van der Waals surface area contributed by atoms with Gasteiger partial charge in [0.15, 0.2) is 6.04 Å². The number of rotatable bonds is 5. The van der Waals surface area contributed by atoms with Gasteiger partial charge in [-0.15, -0.1) is 0 Å². The van der Waals surface area contributed by atoms with Crippen LogP contribution in [0.15, 0.2) is 104 Å². The highest BCUT2D eigenvalue weighted by Gasteiger charge is 2.34. The van der Waals surface area contributed by atoms with E-state index in [1.807, 2.05) is 30.3 Å². The third kappa shape index (κ3) is 4.27. The normalized spacial score (nSPS) is 16.6. The molecule has 0 saturated carbocycles. The topological polar surface area (TPSA) is 102 Å². The number of hydrazone groups is 1. The van der Waals surface area contributed by atoms with Gasteiger partial charge in [-0.25, -0.2) is 0 Å². The second-order valence-electron chi connectivity index (χ2n) is 6.58. The molecule has 0 saturated heterocycles. The molecule has 1 atom stereocenters. The maximum absolute atomic E-state index is 12.7. The van der Waals surface area contributed by atoms with Gasteiger partial charge < -0.3 is 5.11 Å². The van der Waals surface area contributed by atoms with E-state index < -0.39 is 6.04 Å². The van der Waals surface area contributed by atoms with Crippen molar-refractivity contribution in [2.24, 2.45) is 25.6 Å². The SMILES string of the molecule is CC1=NN(c2cccc(O)c2)C(=O)C1N=Nc1ccc(N=Nc2ccccc2)cc1. The van der Waals surface area contributed by atoms with Crippen LogP contribution in [0.2, 0.25) is 0 Å². The molecule has 0 aromatic heterocycles. The molecule has 0 fully saturated rings. The van der Waals surface area contributed by atoms with E-state index in [2.05, 4.69) is 25.6 Å². The van der Waals surface area contributed by atoms with Crippen molar-refractivity contribution in [3.63, 3.8) is 0 Å². The number of aromatic hydroxyl groups is 1. The first-order valence-corrected chi connectivity index (χ1v) is 9.26. The minimum atomic E-state index is -0.801. The molecule has 0 spiro atoms. The number of phenols is 1. The predicted octanol–water partition coefficient (Wildman–Crippen LogP) is 5.68. The highest BCUT2D eigenvalue weighted by molar-refractivity contribution is 6.18. The second kappa shape index (κ2) is 8.44. The van der Waals surface area contributed by atoms with Gasteiger partial charge in [0.1, 0.15) is 5.75 Å². The van der Waals surface area contributed by atoms with Crippen molar-refractivity contribution in [2.45, 2.75) is 13.0 Å². The highest BCUT2D eigenvalue weighted by atomic mass is 16.3. The molecule has 3 aromatic carbocycles. The minimum absolute atomic E-state index is 0.0581. The fourth-order valence-electron chi connectivity index (χ4n) is 2.82. The van der Waals surface area contributed by atoms with Crippen LogP contribution >= 0.6 is 0 Å². The van der Waals surface area contributed by atoms with E-state index in [9.17, 15) is 9.90 Å². The summed E-state index contributed by atoms with van der Waals surface area (Å²) in [6, 6.07) is 22.0. The van der Waals surface area contributed by atoms with Gasteiger partial charge in [-0.05, 0) is 55.5 Å². The smallest absolute Gasteiger partial charge is 0.280 e. The van der Waals surface area contributed by atoms with Crippen LogP contribution < -0.4 is 5.01 Å². The highest BCUT2D eigenvalue weighted by Crippen LogP contribution is 2.27. The Balaban J connectivity index is 1.44. The zero-order chi connectivity index (χ0) is 20.9. The van der Waals surface area contributed by atoms with Gasteiger partial charge in [-0.3, -0.25) is 4.79 Å². The van der Waals surface area contributed by atoms with Crippen LogP contribution in [-0.2, 0) is 4.79 Å². The number of hydrogen-bond acceptors (Lipinski definition) is 7. The number of carbonyl (C=O) groups is 1. The summed E-state index contributed by atoms with van der Waals surface area (Å²) < 4.78 is 0. The molecule has 1 amide bonds. The number of anilines is 1. The lowest BCUT2D eigenvalue weighted by atomic mass is 10.2. The summed E-state index contributed by atoms with van der Waals surface area (Å²) in [5.74, 6) is -0.266. The Morgan fingerprint density at radius 2 is 1.47 bits per heavy atom. The molecule has 1 N–H and O–H groups in total. The van der Waals surface area contributed by atoms with E-state index in [0.717, 1.165) is 5.69 Å². The molecule has 0 bridgehead atoms. The van der Waals surface area contributed by atoms with Gasteiger partial charge in [0.05, 0.1) is 28.5 Å². The number of benzene rings is 3. The van der Waals surface area contributed by atoms with Crippen molar-refractivity contribution in [3.8, 4) is 5.75 Å². The van der Waals surface area contributed by atoms with Crippen molar-refractivity contribution >= 4 is 34.4 Å². The monoisotopic (exact) mass is 398 g/mol. The summed E-state index contributed by atoms with van der Waals surface area (Å²) in [5.41, 5.74) is 3.05. The fraction of sp³-hybridized carbons (Fsp3) is 0.0909. The number of phenolic OH excluding ortho intramolecular Hbond substituents is 1. The van der Waals surface area contributed by atoms with E-state index in [1.165, 1.54) is 17.1 Å². The van der Waals surface area contributed by atoms with Gasteiger partial charge in [0.25, 0.3) is 5.91 Å². The van der Waals surface area contributed by atoms with Crippen molar-refractivity contribution in [1.29, 1.82) is 0 Å². The Bertz CT molecular complexity index is 1140. The first kappa shape index (κ1) is 19.1. The molecule has 1 unspecified atom stereocenters. The first-order chi connectivity index (χ1) is 14.6. The van der Waals surface area contributed by atoms with Gasteiger partial charge in [-0.1, -0.05) is 24.3 Å². The largest absolute Gasteiger partial charge is 0.508 e. The molecular formula is C22H18N6O2. The van der Waals surface area contributed by atoms with E-state index in [-0.39, 0.29) is 11.7 Å². The summed E-state index contributed by atoms with van der Waals surface area (Å²) in [6.07, 6.45) is 0. The fourth-order valence-corrected chi connectivity index (χ4v) is 2.82. The van der Waals surface area contributed by atoms with Gasteiger partial charge in [-0.2, -0.15) is 30.6 Å². The molecule has 0 radical (unpaired) electrons. The van der Waals surface area contributed by atoms with Gasteiger partial charge >= 0.3 is 0 Å². The van der Waals surface area contributed by atoms with Crippen LogP contribution in [-0.4, -0.2) is 22.8 Å². The van der Waals surface area contributed by atoms with Crippen LogP contribution in [0.3, 0.4) is 0 Å². The predicted molar refractivity (Wildman–Crippen MR) is 114 cm³/mol. The molecule has 4 rings (SSSR count). The number of carbonyl (C=O) groups excluding carboxylic acids is 1. The lowest BCUT2D eigenvalue weighted by molar-refractivity contribution is -0.117. The molecule has 148 valence electrons. The average Bonchev–Trinajstić information content (AvgIpc) is 3.06. The number of azo groups is 2. The van der Waals surface area contributed by atoms with Crippen LogP contribution in [0.4, 0.5) is 22.7 Å². The Morgan fingerprint density at radius 1 is 0.833 bits per heavy atom. The molecule has 1 heterocycles. The molecule has 0 aliphatic carbocycles. The summed E-state index contributed by atoms with van der Waals surface area (Å²) in [5, 5.41) is 31.8. The standard InChI is InChI=1S/C22H18N6O2/c1-15-21(22(30)28(27-15)19-8-5-9-20(29)14-19)26-25-18-12-10-17(11-13-18)24-23-16-6-3-2-4-7-16/h2-14,21,29H,1H3. The molecule has 8 heteroatoms. The van der Waals surface area contributed by atoms with Gasteiger partial charge in [0, 0.05) is 6.07 Å². The van der Waals surface area contributed by atoms with Crippen LogP contribution in [0.1, 0.15) is 6.92 Å². The Kier molecular flexibility index (Phi) is 5.38. The minimum Gasteiger partial charge on any atom is -0.508 e. The van der Waals surface area contributed by atoms with Crippen LogP contribution in [0.5, 0.6) is 5.75 Å². The molecule has 30 heavy (non-hydrogen) atoms. The summed E-state index contributed by atoms with van der Waals surface area (Å²) in [6.45, 7) is 1.72. The zero-order valence-corrected chi connectivity index (χ0v) is 16.1. The lowest BCUT2D eigenvalue weighted by Gasteiger charge is -2.12. The molecule has 8 nitrogen and oxygen atoms in total. The van der Waals surface area contributed by atoms with Crippen molar-refractivity contribution in [3.05, 3.63) is 78.9 Å². The van der Waals surface area contributed by atoms with Crippen molar-refractivity contribution < 1.29 is 9.90 Å². The van der Waals surface area contributed by atoms with Crippen molar-refractivity contribution in [2.75, 3.05) is 5.01 Å². The maximum Gasteiger partial charge on any atom is 0.280 e. The number of nitrogens with zero attached hydrogens (tertiary/aromatic N) is 6. The molecule has 1 aliphatic heterocycles.